The summed E-state index contributed by atoms with van der Waals surface area (Å²) in [5.74, 6) is 0.00343. The van der Waals surface area contributed by atoms with Crippen LogP contribution < -0.4 is 11.1 Å². The maximum absolute atomic E-state index is 12.0. The molecular formula is C12H18N2OS. The highest BCUT2D eigenvalue weighted by atomic mass is 32.1. The molecule has 1 aliphatic carbocycles. The van der Waals surface area contributed by atoms with E-state index in [2.05, 4.69) is 10.7 Å². The van der Waals surface area contributed by atoms with Gasteiger partial charge in [-0.2, -0.15) is 11.3 Å². The van der Waals surface area contributed by atoms with Gasteiger partial charge in [-0.25, -0.2) is 0 Å². The molecule has 1 aromatic rings. The predicted octanol–water partition coefficient (Wildman–Crippen LogP) is 2.20. The van der Waals surface area contributed by atoms with E-state index in [1.165, 1.54) is 0 Å². The van der Waals surface area contributed by atoms with Gasteiger partial charge in [-0.15, -0.1) is 0 Å². The van der Waals surface area contributed by atoms with Crippen LogP contribution in [0.2, 0.25) is 0 Å². The minimum atomic E-state index is -0.621. The second-order valence-corrected chi connectivity index (χ2v) is 5.40. The average molecular weight is 238 g/mol. The molecule has 1 unspecified atom stereocenters. The second kappa shape index (κ2) is 4.55. The summed E-state index contributed by atoms with van der Waals surface area (Å²) in [7, 11) is 0. The van der Waals surface area contributed by atoms with E-state index < -0.39 is 5.54 Å². The molecule has 3 N–H and O–H groups in total. The van der Waals surface area contributed by atoms with Gasteiger partial charge in [0, 0.05) is 0 Å². The Hall–Kier alpha value is -0.870. The first-order chi connectivity index (χ1) is 7.62. The van der Waals surface area contributed by atoms with Crippen molar-refractivity contribution >= 4 is 17.2 Å². The smallest absolute Gasteiger partial charge is 0.240 e. The normalized spacial score (nSPS) is 20.6. The number of hydrogen-bond donors (Lipinski definition) is 2. The number of carbonyl (C=O) groups is 1. The molecule has 1 saturated carbocycles. The first-order valence-corrected chi connectivity index (χ1v) is 6.68. The van der Waals surface area contributed by atoms with Crippen molar-refractivity contribution in [1.82, 2.24) is 5.32 Å². The van der Waals surface area contributed by atoms with Crippen molar-refractivity contribution < 1.29 is 4.79 Å². The third-order valence-corrected chi connectivity index (χ3v) is 4.04. The summed E-state index contributed by atoms with van der Waals surface area (Å²) in [4.78, 5) is 12.0. The van der Waals surface area contributed by atoms with Gasteiger partial charge in [0.05, 0.1) is 11.6 Å². The summed E-state index contributed by atoms with van der Waals surface area (Å²) < 4.78 is 0. The Morgan fingerprint density at radius 1 is 1.56 bits per heavy atom. The quantitative estimate of drug-likeness (QED) is 0.848. The fraction of sp³-hybridized carbons (Fsp3) is 0.583. The van der Waals surface area contributed by atoms with Crippen LogP contribution in [0.5, 0.6) is 0 Å². The molecule has 1 aromatic heterocycles. The Morgan fingerprint density at radius 3 is 2.81 bits per heavy atom. The molecule has 3 nitrogen and oxygen atoms in total. The number of thiophene rings is 1. The largest absolute Gasteiger partial charge is 0.348 e. The number of rotatable bonds is 3. The highest BCUT2D eigenvalue weighted by molar-refractivity contribution is 7.07. The summed E-state index contributed by atoms with van der Waals surface area (Å²) in [6, 6.07) is 2.09. The van der Waals surface area contributed by atoms with Crippen LogP contribution in [0.1, 0.15) is 44.2 Å². The zero-order chi connectivity index (χ0) is 11.6. The van der Waals surface area contributed by atoms with Gasteiger partial charge in [0.2, 0.25) is 5.91 Å². The van der Waals surface area contributed by atoms with E-state index in [0.717, 1.165) is 31.2 Å². The average Bonchev–Trinajstić information content (AvgIpc) is 2.88. The summed E-state index contributed by atoms with van der Waals surface area (Å²) in [6.07, 6.45) is 3.76. The van der Waals surface area contributed by atoms with Crippen LogP contribution >= 0.6 is 11.3 Å². The van der Waals surface area contributed by atoms with Crippen molar-refractivity contribution in [3.8, 4) is 0 Å². The number of nitrogens with one attached hydrogen (secondary N) is 1. The maximum Gasteiger partial charge on any atom is 0.240 e. The van der Waals surface area contributed by atoms with Crippen LogP contribution in [0, 0.1) is 0 Å². The highest BCUT2D eigenvalue weighted by Crippen LogP contribution is 2.28. The Balaban J connectivity index is 1.97. The lowest BCUT2D eigenvalue weighted by molar-refractivity contribution is -0.126. The number of nitrogens with two attached hydrogens (primary N) is 1. The van der Waals surface area contributed by atoms with Crippen LogP contribution in [-0.4, -0.2) is 11.4 Å². The van der Waals surface area contributed by atoms with Gasteiger partial charge in [-0.3, -0.25) is 4.79 Å². The molecule has 0 aromatic carbocycles. The van der Waals surface area contributed by atoms with Crippen molar-refractivity contribution in [1.29, 1.82) is 0 Å². The summed E-state index contributed by atoms with van der Waals surface area (Å²) in [6.45, 7) is 2.00. The Kier molecular flexibility index (Phi) is 3.30. The van der Waals surface area contributed by atoms with E-state index in [9.17, 15) is 4.79 Å². The molecule has 4 heteroatoms. The topological polar surface area (TPSA) is 55.1 Å². The third kappa shape index (κ3) is 2.28. The van der Waals surface area contributed by atoms with Gasteiger partial charge >= 0.3 is 0 Å². The minimum absolute atomic E-state index is 0.00343. The summed E-state index contributed by atoms with van der Waals surface area (Å²) in [5, 5.41) is 7.09. The van der Waals surface area contributed by atoms with E-state index >= 15 is 0 Å². The Labute approximate surface area is 100 Å². The van der Waals surface area contributed by atoms with Crippen LogP contribution in [0.3, 0.4) is 0 Å². The van der Waals surface area contributed by atoms with Crippen molar-refractivity contribution in [3.05, 3.63) is 22.4 Å². The Bertz CT molecular complexity index is 355. The van der Waals surface area contributed by atoms with Crippen molar-refractivity contribution in [2.45, 2.75) is 44.2 Å². The van der Waals surface area contributed by atoms with Crippen LogP contribution in [0.15, 0.2) is 16.8 Å². The molecule has 2 rings (SSSR count). The third-order valence-electron chi connectivity index (χ3n) is 3.34. The molecule has 16 heavy (non-hydrogen) atoms. The molecule has 0 spiro atoms. The number of hydrogen-bond acceptors (Lipinski definition) is 3. The molecule has 0 radical (unpaired) electrons. The molecule has 1 heterocycles. The van der Waals surface area contributed by atoms with Gasteiger partial charge in [-0.05, 0) is 42.2 Å². The lowest BCUT2D eigenvalue weighted by atomic mass is 9.97. The Morgan fingerprint density at radius 2 is 2.25 bits per heavy atom. The van der Waals surface area contributed by atoms with E-state index in [1.54, 1.807) is 11.3 Å². The monoisotopic (exact) mass is 238 g/mol. The van der Waals surface area contributed by atoms with Gasteiger partial charge in [0.25, 0.3) is 0 Å². The molecule has 1 atom stereocenters. The van der Waals surface area contributed by atoms with Gasteiger partial charge in [0.15, 0.2) is 0 Å². The molecular weight excluding hydrogens is 220 g/mol. The van der Waals surface area contributed by atoms with E-state index in [-0.39, 0.29) is 11.9 Å². The van der Waals surface area contributed by atoms with E-state index in [0.29, 0.717) is 0 Å². The summed E-state index contributed by atoms with van der Waals surface area (Å²) >= 11 is 1.64. The van der Waals surface area contributed by atoms with Crippen molar-refractivity contribution in [3.63, 3.8) is 0 Å². The van der Waals surface area contributed by atoms with Gasteiger partial charge < -0.3 is 11.1 Å². The van der Waals surface area contributed by atoms with E-state index in [4.69, 9.17) is 5.73 Å². The predicted molar refractivity (Wildman–Crippen MR) is 66.3 cm³/mol. The van der Waals surface area contributed by atoms with E-state index in [1.807, 2.05) is 18.4 Å². The standard InChI is InChI=1S/C12H18N2OS/c1-9(10-4-7-16-8-10)14-11(15)12(13)5-2-3-6-12/h4,7-9H,2-3,5-6,13H2,1H3,(H,14,15). The van der Waals surface area contributed by atoms with Gasteiger partial charge in [0.1, 0.15) is 0 Å². The SMILES string of the molecule is CC(NC(=O)C1(N)CCCC1)c1ccsc1. The minimum Gasteiger partial charge on any atom is -0.348 e. The van der Waals surface area contributed by atoms with Crippen molar-refractivity contribution in [2.24, 2.45) is 5.73 Å². The van der Waals surface area contributed by atoms with Crippen molar-refractivity contribution in [2.75, 3.05) is 0 Å². The fourth-order valence-corrected chi connectivity index (χ4v) is 2.93. The van der Waals surface area contributed by atoms with Gasteiger partial charge in [-0.1, -0.05) is 12.8 Å². The lowest BCUT2D eigenvalue weighted by Gasteiger charge is -2.24. The molecule has 0 aliphatic heterocycles. The molecule has 88 valence electrons. The molecule has 1 amide bonds. The van der Waals surface area contributed by atoms with Crippen LogP contribution in [0.4, 0.5) is 0 Å². The first-order valence-electron chi connectivity index (χ1n) is 5.74. The van der Waals surface area contributed by atoms with Crippen LogP contribution in [-0.2, 0) is 4.79 Å². The first kappa shape index (κ1) is 11.6. The molecule has 1 fully saturated rings. The van der Waals surface area contributed by atoms with Crippen LogP contribution in [0.25, 0.3) is 0 Å². The fourth-order valence-electron chi connectivity index (χ4n) is 2.18. The lowest BCUT2D eigenvalue weighted by Crippen LogP contribution is -2.52. The maximum atomic E-state index is 12.0. The summed E-state index contributed by atoms with van der Waals surface area (Å²) in [5.41, 5.74) is 6.63. The number of carbonyl (C=O) groups excluding carboxylic acids is 1. The number of amides is 1. The zero-order valence-electron chi connectivity index (χ0n) is 9.53. The molecule has 0 saturated heterocycles. The highest BCUT2D eigenvalue weighted by Gasteiger charge is 2.37. The molecule has 1 aliphatic rings. The second-order valence-electron chi connectivity index (χ2n) is 4.62. The zero-order valence-corrected chi connectivity index (χ0v) is 10.3. The molecule has 0 bridgehead atoms.